The Hall–Kier alpha value is -2.09. The van der Waals surface area contributed by atoms with Gasteiger partial charge in [0.2, 0.25) is 0 Å². The van der Waals surface area contributed by atoms with Gasteiger partial charge < -0.3 is 14.7 Å². The van der Waals surface area contributed by atoms with Gasteiger partial charge in [-0.1, -0.05) is 0 Å². The molecule has 2 rings (SSSR count). The molecule has 1 aromatic rings. The third-order valence-electron chi connectivity index (χ3n) is 3.37. The number of hydrogen-bond donors (Lipinski definition) is 1. The number of ether oxygens (including phenoxy) is 1. The lowest BCUT2D eigenvalue weighted by atomic mass is 10.1. The van der Waals surface area contributed by atoms with Crippen molar-refractivity contribution in [3.05, 3.63) is 35.1 Å². The maximum Gasteiger partial charge on any atom is 0.326 e. The van der Waals surface area contributed by atoms with Crippen LogP contribution in [0.25, 0.3) is 0 Å². The summed E-state index contributed by atoms with van der Waals surface area (Å²) in [6.07, 6.45) is -0.408. The molecule has 0 saturated carbocycles. The Kier molecular flexibility index (Phi) is 4.17. The van der Waals surface area contributed by atoms with Crippen molar-refractivity contribution in [2.45, 2.75) is 18.6 Å². The summed E-state index contributed by atoms with van der Waals surface area (Å²) in [6, 6.07) is -0.0711. The van der Waals surface area contributed by atoms with Crippen molar-refractivity contribution < 1.29 is 32.6 Å². The fourth-order valence-corrected chi connectivity index (χ4v) is 2.27. The number of carboxylic acids is 1. The molecular formula is C13H12F3NO4. The average molecular weight is 303 g/mol. The van der Waals surface area contributed by atoms with Gasteiger partial charge in [-0.2, -0.15) is 0 Å². The quantitative estimate of drug-likeness (QED) is 0.858. The van der Waals surface area contributed by atoms with Gasteiger partial charge in [0.1, 0.15) is 6.04 Å². The summed E-state index contributed by atoms with van der Waals surface area (Å²) in [5, 5.41) is 9.09. The Morgan fingerprint density at radius 2 is 1.86 bits per heavy atom. The van der Waals surface area contributed by atoms with E-state index < -0.39 is 47.0 Å². The summed E-state index contributed by atoms with van der Waals surface area (Å²) in [5.74, 6) is -6.83. The van der Waals surface area contributed by atoms with Crippen LogP contribution in [0.4, 0.5) is 13.2 Å². The third kappa shape index (κ3) is 2.85. The predicted molar refractivity (Wildman–Crippen MR) is 64.2 cm³/mol. The molecule has 0 bridgehead atoms. The zero-order valence-electron chi connectivity index (χ0n) is 11.0. The van der Waals surface area contributed by atoms with Gasteiger partial charge >= 0.3 is 5.97 Å². The Labute approximate surface area is 117 Å². The molecule has 1 aliphatic heterocycles. The van der Waals surface area contributed by atoms with E-state index in [2.05, 4.69) is 0 Å². The molecule has 5 nitrogen and oxygen atoms in total. The van der Waals surface area contributed by atoms with Gasteiger partial charge in [0.05, 0.1) is 6.10 Å². The number of hydrogen-bond acceptors (Lipinski definition) is 3. The lowest BCUT2D eigenvalue weighted by Gasteiger charge is -2.21. The molecule has 1 amide bonds. The monoisotopic (exact) mass is 303 g/mol. The Morgan fingerprint density at radius 1 is 1.29 bits per heavy atom. The van der Waals surface area contributed by atoms with Crippen LogP contribution in [0.1, 0.15) is 16.8 Å². The van der Waals surface area contributed by atoms with Crippen LogP contribution in [0.15, 0.2) is 12.1 Å². The number of carboxylic acid groups (broad SMARTS) is 1. The zero-order valence-corrected chi connectivity index (χ0v) is 11.0. The van der Waals surface area contributed by atoms with Gasteiger partial charge in [-0.3, -0.25) is 4.79 Å². The molecule has 8 heteroatoms. The lowest BCUT2D eigenvalue weighted by Crippen LogP contribution is -2.40. The molecule has 0 spiro atoms. The van der Waals surface area contributed by atoms with E-state index in [4.69, 9.17) is 9.84 Å². The summed E-state index contributed by atoms with van der Waals surface area (Å²) < 4.78 is 44.2. The second kappa shape index (κ2) is 5.72. The Bertz CT molecular complexity index is 570. The van der Waals surface area contributed by atoms with Crippen molar-refractivity contribution >= 4 is 11.9 Å². The first-order valence-corrected chi connectivity index (χ1v) is 6.06. The molecule has 1 saturated heterocycles. The van der Waals surface area contributed by atoms with Crippen LogP contribution in [-0.4, -0.2) is 47.7 Å². The van der Waals surface area contributed by atoms with Crippen LogP contribution in [0.5, 0.6) is 0 Å². The maximum absolute atomic E-state index is 13.2. The number of carbonyl (C=O) groups excluding carboxylic acids is 1. The first kappa shape index (κ1) is 15.3. The predicted octanol–water partition coefficient (Wildman–Crippen LogP) is 1.42. The second-order valence-corrected chi connectivity index (χ2v) is 4.66. The molecule has 21 heavy (non-hydrogen) atoms. The van der Waals surface area contributed by atoms with Crippen LogP contribution in [0.3, 0.4) is 0 Å². The van der Waals surface area contributed by atoms with Crippen LogP contribution in [0, 0.1) is 17.5 Å². The molecule has 1 heterocycles. The Morgan fingerprint density at radius 3 is 2.33 bits per heavy atom. The number of halogens is 3. The summed E-state index contributed by atoms with van der Waals surface area (Å²) in [6.45, 7) is -0.0209. The first-order chi connectivity index (χ1) is 9.85. The van der Waals surface area contributed by atoms with Gasteiger partial charge in [0.15, 0.2) is 17.5 Å². The number of carbonyl (C=O) groups is 2. The van der Waals surface area contributed by atoms with Crippen LogP contribution >= 0.6 is 0 Å². The van der Waals surface area contributed by atoms with Crippen molar-refractivity contribution in [1.82, 2.24) is 4.90 Å². The van der Waals surface area contributed by atoms with Crippen molar-refractivity contribution in [3.63, 3.8) is 0 Å². The summed E-state index contributed by atoms with van der Waals surface area (Å²) in [7, 11) is 1.37. The van der Waals surface area contributed by atoms with E-state index in [0.29, 0.717) is 12.1 Å². The van der Waals surface area contributed by atoms with Gasteiger partial charge in [-0.05, 0) is 12.1 Å². The van der Waals surface area contributed by atoms with Gasteiger partial charge in [0.25, 0.3) is 5.91 Å². The first-order valence-electron chi connectivity index (χ1n) is 6.06. The van der Waals surface area contributed by atoms with E-state index in [1.165, 1.54) is 7.11 Å². The van der Waals surface area contributed by atoms with Gasteiger partial charge in [-0.25, -0.2) is 18.0 Å². The number of likely N-dealkylation sites (tertiary alicyclic amines) is 1. The highest BCUT2D eigenvalue weighted by molar-refractivity contribution is 5.97. The number of methoxy groups -OCH3 is 1. The highest BCUT2D eigenvalue weighted by Crippen LogP contribution is 2.24. The van der Waals surface area contributed by atoms with Crippen molar-refractivity contribution in [2.75, 3.05) is 13.7 Å². The van der Waals surface area contributed by atoms with E-state index in [-0.39, 0.29) is 13.0 Å². The molecule has 1 aromatic carbocycles. The van der Waals surface area contributed by atoms with Crippen molar-refractivity contribution in [3.8, 4) is 0 Å². The molecule has 1 aliphatic rings. The minimum atomic E-state index is -1.68. The molecule has 1 fully saturated rings. The standard InChI is InChI=1S/C13H12F3NO4/c1-21-7-4-10(13(19)20)17(5-7)12(18)6-2-8(14)11(16)9(15)3-6/h2-3,7,10H,4-5H2,1H3,(H,19,20). The largest absolute Gasteiger partial charge is 0.480 e. The van der Waals surface area contributed by atoms with Crippen LogP contribution in [-0.2, 0) is 9.53 Å². The van der Waals surface area contributed by atoms with E-state index in [1.807, 2.05) is 0 Å². The van der Waals surface area contributed by atoms with E-state index in [1.54, 1.807) is 0 Å². The molecule has 1 N–H and O–H groups in total. The zero-order chi connectivity index (χ0) is 15.7. The number of rotatable bonds is 3. The van der Waals surface area contributed by atoms with Crippen molar-refractivity contribution in [1.29, 1.82) is 0 Å². The SMILES string of the molecule is COC1CC(C(=O)O)N(C(=O)c2cc(F)c(F)c(F)c2)C1. The normalized spacial score (nSPS) is 21.6. The molecule has 114 valence electrons. The number of nitrogens with zero attached hydrogens (tertiary/aromatic N) is 1. The summed E-state index contributed by atoms with van der Waals surface area (Å²) in [4.78, 5) is 24.3. The fourth-order valence-electron chi connectivity index (χ4n) is 2.27. The van der Waals surface area contributed by atoms with E-state index in [9.17, 15) is 22.8 Å². The molecular weight excluding hydrogens is 291 g/mol. The summed E-state index contributed by atoms with van der Waals surface area (Å²) >= 11 is 0. The number of benzene rings is 1. The molecule has 0 radical (unpaired) electrons. The van der Waals surface area contributed by atoms with Crippen molar-refractivity contribution in [2.24, 2.45) is 0 Å². The van der Waals surface area contributed by atoms with Crippen LogP contribution < -0.4 is 0 Å². The third-order valence-corrected chi connectivity index (χ3v) is 3.37. The number of aliphatic carboxylic acids is 1. The smallest absolute Gasteiger partial charge is 0.326 e. The molecule has 0 aliphatic carbocycles. The molecule has 2 unspecified atom stereocenters. The number of amides is 1. The van der Waals surface area contributed by atoms with Gasteiger partial charge in [-0.15, -0.1) is 0 Å². The molecule has 0 aromatic heterocycles. The second-order valence-electron chi connectivity index (χ2n) is 4.66. The van der Waals surface area contributed by atoms with Gasteiger partial charge in [0, 0.05) is 25.6 Å². The van der Waals surface area contributed by atoms with Crippen LogP contribution in [0.2, 0.25) is 0 Å². The highest BCUT2D eigenvalue weighted by Gasteiger charge is 2.40. The molecule has 2 atom stereocenters. The lowest BCUT2D eigenvalue weighted by molar-refractivity contribution is -0.141. The maximum atomic E-state index is 13.2. The highest BCUT2D eigenvalue weighted by atomic mass is 19.2. The van der Waals surface area contributed by atoms with E-state index >= 15 is 0 Å². The minimum Gasteiger partial charge on any atom is -0.480 e. The minimum absolute atomic E-state index is 0.0209. The fraction of sp³-hybridized carbons (Fsp3) is 0.385. The Balaban J connectivity index is 2.32. The average Bonchev–Trinajstić information content (AvgIpc) is 2.87. The van der Waals surface area contributed by atoms with E-state index in [0.717, 1.165) is 4.90 Å². The topological polar surface area (TPSA) is 66.8 Å². The summed E-state index contributed by atoms with van der Waals surface area (Å²) in [5.41, 5.74) is -0.450.